The maximum atomic E-state index is 11.5. The van der Waals surface area contributed by atoms with Gasteiger partial charge in [-0.1, -0.05) is 52.0 Å². The van der Waals surface area contributed by atoms with Crippen LogP contribution in [0.3, 0.4) is 0 Å². The fourth-order valence-corrected chi connectivity index (χ4v) is 4.91. The molecule has 0 saturated carbocycles. The largest absolute Gasteiger partial charge is 0.492 e. The van der Waals surface area contributed by atoms with Gasteiger partial charge < -0.3 is 9.47 Å². The Morgan fingerprint density at radius 3 is 2.33 bits per heavy atom. The number of hydrogen-bond donors (Lipinski definition) is 0. The van der Waals surface area contributed by atoms with Crippen molar-refractivity contribution in [2.75, 3.05) is 13.7 Å². The molecule has 0 spiro atoms. The Hall–Kier alpha value is -2.55. The number of benzene rings is 2. The molecule has 4 rings (SSSR count). The van der Waals surface area contributed by atoms with Gasteiger partial charge in [0.15, 0.2) is 0 Å². The Labute approximate surface area is 180 Å². The third kappa shape index (κ3) is 3.34. The van der Waals surface area contributed by atoms with Gasteiger partial charge >= 0.3 is 5.97 Å². The van der Waals surface area contributed by atoms with Crippen molar-refractivity contribution in [2.45, 2.75) is 63.7 Å². The van der Waals surface area contributed by atoms with Crippen LogP contribution in [-0.4, -0.2) is 19.7 Å². The van der Waals surface area contributed by atoms with Crippen molar-refractivity contribution in [3.63, 3.8) is 0 Å². The van der Waals surface area contributed by atoms with Gasteiger partial charge in [-0.15, -0.1) is 0 Å². The number of carbonyl (C=O) groups excluding carboxylic acids is 1. The summed E-state index contributed by atoms with van der Waals surface area (Å²) in [7, 11) is 1.39. The first kappa shape index (κ1) is 20.7. The summed E-state index contributed by atoms with van der Waals surface area (Å²) >= 11 is 0. The summed E-state index contributed by atoms with van der Waals surface area (Å²) in [5, 5.41) is 0. The zero-order chi connectivity index (χ0) is 21.7. The van der Waals surface area contributed by atoms with Crippen molar-refractivity contribution in [3.8, 4) is 5.75 Å². The molecule has 1 aliphatic heterocycles. The lowest BCUT2D eigenvalue weighted by Crippen LogP contribution is -2.35. The molecular formula is C27H32O3. The zero-order valence-corrected chi connectivity index (χ0v) is 19.0. The van der Waals surface area contributed by atoms with Crippen LogP contribution in [0, 0.1) is 0 Å². The van der Waals surface area contributed by atoms with Crippen LogP contribution < -0.4 is 4.74 Å². The summed E-state index contributed by atoms with van der Waals surface area (Å²) in [4.78, 5) is 11.5. The van der Waals surface area contributed by atoms with Crippen molar-refractivity contribution in [2.24, 2.45) is 0 Å². The molecule has 0 N–H and O–H groups in total. The fourth-order valence-electron chi connectivity index (χ4n) is 4.91. The third-order valence-corrected chi connectivity index (χ3v) is 7.22. The van der Waals surface area contributed by atoms with Gasteiger partial charge in [0.05, 0.1) is 12.5 Å². The highest BCUT2D eigenvalue weighted by Gasteiger charge is 2.41. The molecule has 0 radical (unpaired) electrons. The summed E-state index contributed by atoms with van der Waals surface area (Å²) in [6.07, 6.45) is 5.66. The summed E-state index contributed by atoms with van der Waals surface area (Å²) in [5.41, 5.74) is 6.52. The minimum Gasteiger partial charge on any atom is -0.492 e. The second kappa shape index (κ2) is 7.01. The molecule has 0 saturated heterocycles. The smallest absolute Gasteiger partial charge is 0.330 e. The minimum absolute atomic E-state index is 0.171. The van der Waals surface area contributed by atoms with E-state index < -0.39 is 0 Å². The number of esters is 1. The van der Waals surface area contributed by atoms with Crippen molar-refractivity contribution in [3.05, 3.63) is 70.3 Å². The number of methoxy groups -OCH3 is 1. The van der Waals surface area contributed by atoms with Gasteiger partial charge in [0.25, 0.3) is 0 Å². The SMILES string of the molecule is COC(=O)/C=C/c1ccc2c(c1)C(C)(c1ccc3c(c1)C(C)(C)CCC3(C)C)CO2. The van der Waals surface area contributed by atoms with Gasteiger partial charge in [0.2, 0.25) is 0 Å². The molecule has 158 valence electrons. The Morgan fingerprint density at radius 1 is 0.933 bits per heavy atom. The molecule has 2 aromatic carbocycles. The predicted molar refractivity (Wildman–Crippen MR) is 121 cm³/mol. The van der Waals surface area contributed by atoms with Gasteiger partial charge in [-0.05, 0) is 71.1 Å². The zero-order valence-electron chi connectivity index (χ0n) is 19.0. The average molecular weight is 405 g/mol. The van der Waals surface area contributed by atoms with Crippen LogP contribution in [0.5, 0.6) is 5.75 Å². The van der Waals surface area contributed by atoms with Gasteiger partial charge in [0, 0.05) is 11.6 Å². The summed E-state index contributed by atoms with van der Waals surface area (Å²) in [5.74, 6) is 0.569. The van der Waals surface area contributed by atoms with E-state index in [0.29, 0.717) is 6.61 Å². The lowest BCUT2D eigenvalue weighted by molar-refractivity contribution is -0.134. The molecule has 0 fully saturated rings. The number of ether oxygens (including phenoxy) is 2. The highest BCUT2D eigenvalue weighted by atomic mass is 16.5. The maximum Gasteiger partial charge on any atom is 0.330 e. The van der Waals surface area contributed by atoms with E-state index in [0.717, 1.165) is 11.3 Å². The Morgan fingerprint density at radius 2 is 1.63 bits per heavy atom. The van der Waals surface area contributed by atoms with E-state index in [4.69, 9.17) is 9.47 Å². The first-order valence-electron chi connectivity index (χ1n) is 10.8. The van der Waals surface area contributed by atoms with E-state index in [9.17, 15) is 4.79 Å². The van der Waals surface area contributed by atoms with Crippen LogP contribution in [0.25, 0.3) is 6.08 Å². The van der Waals surface area contributed by atoms with E-state index >= 15 is 0 Å². The molecule has 2 aromatic rings. The van der Waals surface area contributed by atoms with Crippen LogP contribution in [0.15, 0.2) is 42.5 Å². The van der Waals surface area contributed by atoms with E-state index in [1.165, 1.54) is 48.3 Å². The quantitative estimate of drug-likeness (QED) is 0.470. The van der Waals surface area contributed by atoms with Crippen LogP contribution in [0.1, 0.15) is 75.3 Å². The van der Waals surface area contributed by atoms with Gasteiger partial charge in [-0.3, -0.25) is 0 Å². The molecule has 3 nitrogen and oxygen atoms in total. The molecule has 3 heteroatoms. The Balaban J connectivity index is 1.78. The number of rotatable bonds is 3. The molecule has 1 heterocycles. The highest BCUT2D eigenvalue weighted by Crippen LogP contribution is 2.49. The third-order valence-electron chi connectivity index (χ3n) is 7.22. The monoisotopic (exact) mass is 404 g/mol. The van der Waals surface area contributed by atoms with Gasteiger partial charge in [-0.2, -0.15) is 0 Å². The second-order valence-electron chi connectivity index (χ2n) is 10.3. The van der Waals surface area contributed by atoms with Crippen LogP contribution in [0.2, 0.25) is 0 Å². The fraction of sp³-hybridized carbons (Fsp3) is 0.444. The average Bonchev–Trinajstić information content (AvgIpc) is 3.07. The Bertz CT molecular complexity index is 1030. The molecule has 0 bridgehead atoms. The summed E-state index contributed by atoms with van der Waals surface area (Å²) in [6, 6.07) is 13.2. The molecule has 1 aliphatic carbocycles. The van der Waals surface area contributed by atoms with Gasteiger partial charge in [0.1, 0.15) is 12.4 Å². The van der Waals surface area contributed by atoms with Crippen molar-refractivity contribution >= 4 is 12.0 Å². The summed E-state index contributed by atoms with van der Waals surface area (Å²) < 4.78 is 10.8. The molecule has 30 heavy (non-hydrogen) atoms. The minimum atomic E-state index is -0.353. The predicted octanol–water partition coefficient (Wildman–Crippen LogP) is 5.92. The van der Waals surface area contributed by atoms with Crippen molar-refractivity contribution < 1.29 is 14.3 Å². The lowest BCUT2D eigenvalue weighted by atomic mass is 9.62. The van der Waals surface area contributed by atoms with E-state index in [2.05, 4.69) is 58.9 Å². The van der Waals surface area contributed by atoms with Gasteiger partial charge in [-0.25, -0.2) is 4.79 Å². The van der Waals surface area contributed by atoms with Crippen molar-refractivity contribution in [1.82, 2.24) is 0 Å². The van der Waals surface area contributed by atoms with E-state index in [1.807, 2.05) is 12.1 Å². The Kier molecular flexibility index (Phi) is 4.84. The maximum absolute atomic E-state index is 11.5. The molecule has 0 amide bonds. The number of fused-ring (bicyclic) bond motifs is 2. The molecule has 0 aromatic heterocycles. The van der Waals surface area contributed by atoms with Crippen LogP contribution in [0.4, 0.5) is 0 Å². The first-order chi connectivity index (χ1) is 14.1. The summed E-state index contributed by atoms with van der Waals surface area (Å²) in [6.45, 7) is 12.3. The number of hydrogen-bond acceptors (Lipinski definition) is 3. The standard InChI is InChI=1S/C27H32O3/c1-25(2)13-14-26(3,4)21-16-19(9-10-20(21)25)27(5)17-30-23-11-7-18(15-22(23)27)8-12-24(28)29-6/h7-12,15-16H,13-14,17H2,1-6H3/b12-8+. The van der Waals surface area contributed by atoms with E-state index in [1.54, 1.807) is 6.08 Å². The molecular weight excluding hydrogens is 372 g/mol. The van der Waals surface area contributed by atoms with E-state index in [-0.39, 0.29) is 22.2 Å². The molecule has 2 aliphatic rings. The van der Waals surface area contributed by atoms with Crippen molar-refractivity contribution in [1.29, 1.82) is 0 Å². The number of carbonyl (C=O) groups is 1. The lowest BCUT2D eigenvalue weighted by Gasteiger charge is -2.42. The topological polar surface area (TPSA) is 35.5 Å². The first-order valence-corrected chi connectivity index (χ1v) is 10.8. The highest BCUT2D eigenvalue weighted by molar-refractivity contribution is 5.87. The van der Waals surface area contributed by atoms with Crippen LogP contribution in [-0.2, 0) is 25.8 Å². The molecule has 1 unspecified atom stereocenters. The normalized spacial score (nSPS) is 23.5. The van der Waals surface area contributed by atoms with Crippen LogP contribution >= 0.6 is 0 Å². The second-order valence-corrected chi connectivity index (χ2v) is 10.3. The molecule has 1 atom stereocenters.